The number of carbonyl (C=O) groups excluding carboxylic acids is 2. The topological polar surface area (TPSA) is 80.1 Å². The maximum Gasteiger partial charge on any atom is 0.248 e. The predicted octanol–water partition coefficient (Wildman–Crippen LogP) is 1.34. The number of nitrogens with zero attached hydrogens (tertiary/aromatic N) is 4. The molecule has 3 rings (SSSR count). The van der Waals surface area contributed by atoms with E-state index in [9.17, 15) is 9.59 Å². The number of likely N-dealkylation sites (tertiary alicyclic amines) is 1. The molecule has 0 bridgehead atoms. The molecule has 0 atom stereocenters. The molecule has 2 heterocycles. The summed E-state index contributed by atoms with van der Waals surface area (Å²) in [6, 6.07) is 0.400. The predicted molar refractivity (Wildman–Crippen MR) is 76.6 cm³/mol. The highest BCUT2D eigenvalue weighted by molar-refractivity contribution is 5.93. The molecule has 0 spiro atoms. The van der Waals surface area contributed by atoms with Gasteiger partial charge in [-0.3, -0.25) is 14.9 Å². The molecule has 0 unspecified atom stereocenters. The molecular weight excluding hydrogens is 270 g/mol. The normalized spacial score (nSPS) is 20.0. The number of hydrogen-bond donors (Lipinski definition) is 1. The minimum Gasteiger partial charge on any atom is -0.333 e. The van der Waals surface area contributed by atoms with Crippen LogP contribution in [-0.2, 0) is 9.59 Å². The standard InChI is InChI=1S/C14H21N5O2/c20-12(9-18-8-4-7-13(18)21)16-14-15-10-19(17-14)11-5-2-1-3-6-11/h10-11H,1-9H2,(H,16,17,20). The van der Waals surface area contributed by atoms with Gasteiger partial charge in [0.05, 0.1) is 12.6 Å². The van der Waals surface area contributed by atoms with Crippen molar-refractivity contribution in [2.75, 3.05) is 18.4 Å². The van der Waals surface area contributed by atoms with Gasteiger partial charge in [0.2, 0.25) is 17.8 Å². The van der Waals surface area contributed by atoms with Gasteiger partial charge in [0.15, 0.2) is 0 Å². The number of amides is 2. The maximum absolute atomic E-state index is 11.9. The van der Waals surface area contributed by atoms with Gasteiger partial charge in [0.1, 0.15) is 6.33 Å². The van der Waals surface area contributed by atoms with Crippen molar-refractivity contribution in [3.63, 3.8) is 0 Å². The van der Waals surface area contributed by atoms with Crippen molar-refractivity contribution in [1.82, 2.24) is 19.7 Å². The molecule has 1 aromatic rings. The second kappa shape index (κ2) is 6.24. The van der Waals surface area contributed by atoms with Gasteiger partial charge in [-0.15, -0.1) is 5.10 Å². The summed E-state index contributed by atoms with van der Waals surface area (Å²) in [7, 11) is 0. The van der Waals surface area contributed by atoms with E-state index in [2.05, 4.69) is 15.4 Å². The van der Waals surface area contributed by atoms with E-state index in [0.717, 1.165) is 19.3 Å². The first kappa shape index (κ1) is 14.0. The Kier molecular flexibility index (Phi) is 4.17. The highest BCUT2D eigenvalue weighted by Gasteiger charge is 2.23. The highest BCUT2D eigenvalue weighted by atomic mass is 16.2. The largest absolute Gasteiger partial charge is 0.333 e. The number of nitrogens with one attached hydrogen (secondary N) is 1. The van der Waals surface area contributed by atoms with Crippen LogP contribution in [0.4, 0.5) is 5.95 Å². The fourth-order valence-electron chi connectivity index (χ4n) is 3.06. The Balaban J connectivity index is 1.54. The molecule has 0 radical (unpaired) electrons. The summed E-state index contributed by atoms with van der Waals surface area (Å²) < 4.78 is 1.86. The fraction of sp³-hybridized carbons (Fsp3) is 0.714. The van der Waals surface area contributed by atoms with Crippen molar-refractivity contribution in [1.29, 1.82) is 0 Å². The lowest BCUT2D eigenvalue weighted by molar-refractivity contribution is -0.131. The van der Waals surface area contributed by atoms with Crippen molar-refractivity contribution < 1.29 is 9.59 Å². The molecule has 2 aliphatic rings. The van der Waals surface area contributed by atoms with Gasteiger partial charge in [0, 0.05) is 13.0 Å². The maximum atomic E-state index is 11.9. The van der Waals surface area contributed by atoms with Crippen molar-refractivity contribution in [2.45, 2.75) is 51.0 Å². The lowest BCUT2D eigenvalue weighted by Crippen LogP contribution is -2.34. The molecule has 21 heavy (non-hydrogen) atoms. The lowest BCUT2D eigenvalue weighted by Gasteiger charge is -2.21. The zero-order chi connectivity index (χ0) is 14.7. The van der Waals surface area contributed by atoms with E-state index in [1.54, 1.807) is 11.2 Å². The molecule has 1 saturated heterocycles. The summed E-state index contributed by atoms with van der Waals surface area (Å²) in [5, 5.41) is 7.01. The van der Waals surface area contributed by atoms with E-state index < -0.39 is 0 Å². The third kappa shape index (κ3) is 3.40. The van der Waals surface area contributed by atoms with Crippen LogP contribution in [0.15, 0.2) is 6.33 Å². The molecule has 1 saturated carbocycles. The van der Waals surface area contributed by atoms with E-state index in [-0.39, 0.29) is 18.4 Å². The van der Waals surface area contributed by atoms with Gasteiger partial charge in [-0.25, -0.2) is 9.67 Å². The Labute approximate surface area is 123 Å². The van der Waals surface area contributed by atoms with Crippen molar-refractivity contribution in [3.8, 4) is 0 Å². The van der Waals surface area contributed by atoms with Crippen LogP contribution >= 0.6 is 0 Å². The van der Waals surface area contributed by atoms with Gasteiger partial charge in [-0.05, 0) is 19.3 Å². The average molecular weight is 291 g/mol. The quantitative estimate of drug-likeness (QED) is 0.908. The Morgan fingerprint density at radius 1 is 1.29 bits per heavy atom. The van der Waals surface area contributed by atoms with E-state index in [1.165, 1.54) is 19.3 Å². The Bertz CT molecular complexity index is 521. The summed E-state index contributed by atoms with van der Waals surface area (Å²) in [6.07, 6.45) is 9.05. The summed E-state index contributed by atoms with van der Waals surface area (Å²) in [5.41, 5.74) is 0. The minimum atomic E-state index is -0.230. The Hall–Kier alpha value is -1.92. The summed E-state index contributed by atoms with van der Waals surface area (Å²) >= 11 is 0. The van der Waals surface area contributed by atoms with Crippen LogP contribution in [-0.4, -0.2) is 44.6 Å². The zero-order valence-corrected chi connectivity index (χ0v) is 12.1. The van der Waals surface area contributed by atoms with Crippen LogP contribution in [0.3, 0.4) is 0 Å². The summed E-state index contributed by atoms with van der Waals surface area (Å²) in [4.78, 5) is 29.1. The molecular formula is C14H21N5O2. The number of rotatable bonds is 4. The third-order valence-electron chi connectivity index (χ3n) is 4.21. The van der Waals surface area contributed by atoms with Crippen LogP contribution in [0.1, 0.15) is 51.0 Å². The van der Waals surface area contributed by atoms with Gasteiger partial charge >= 0.3 is 0 Å². The van der Waals surface area contributed by atoms with E-state index in [1.807, 2.05) is 4.68 Å². The number of anilines is 1. The molecule has 7 heteroatoms. The molecule has 114 valence electrons. The second-order valence-corrected chi connectivity index (χ2v) is 5.81. The number of hydrogen-bond acceptors (Lipinski definition) is 4. The van der Waals surface area contributed by atoms with E-state index >= 15 is 0 Å². The second-order valence-electron chi connectivity index (χ2n) is 5.81. The summed E-state index contributed by atoms with van der Waals surface area (Å²) in [5.74, 6) is 0.148. The molecule has 1 aliphatic heterocycles. The van der Waals surface area contributed by atoms with Crippen molar-refractivity contribution >= 4 is 17.8 Å². The molecule has 1 aliphatic carbocycles. The molecule has 1 aromatic heterocycles. The first-order valence-electron chi connectivity index (χ1n) is 7.71. The molecule has 2 amide bonds. The van der Waals surface area contributed by atoms with E-state index in [0.29, 0.717) is 25.0 Å². The lowest BCUT2D eigenvalue weighted by atomic mass is 9.96. The fourth-order valence-corrected chi connectivity index (χ4v) is 3.06. The third-order valence-corrected chi connectivity index (χ3v) is 4.21. The molecule has 7 nitrogen and oxygen atoms in total. The van der Waals surface area contributed by atoms with Crippen LogP contribution in [0, 0.1) is 0 Å². The Morgan fingerprint density at radius 2 is 2.10 bits per heavy atom. The van der Waals surface area contributed by atoms with Gasteiger partial charge in [-0.2, -0.15) is 0 Å². The van der Waals surface area contributed by atoms with Gasteiger partial charge in [-0.1, -0.05) is 19.3 Å². The molecule has 0 aromatic carbocycles. The molecule has 1 N–H and O–H groups in total. The zero-order valence-electron chi connectivity index (χ0n) is 12.1. The smallest absolute Gasteiger partial charge is 0.248 e. The van der Waals surface area contributed by atoms with Crippen LogP contribution in [0.5, 0.6) is 0 Å². The van der Waals surface area contributed by atoms with Crippen molar-refractivity contribution in [3.05, 3.63) is 6.33 Å². The van der Waals surface area contributed by atoms with Gasteiger partial charge in [0.25, 0.3) is 0 Å². The monoisotopic (exact) mass is 291 g/mol. The summed E-state index contributed by atoms with van der Waals surface area (Å²) in [6.45, 7) is 0.757. The molecule has 2 fully saturated rings. The van der Waals surface area contributed by atoms with Crippen molar-refractivity contribution in [2.24, 2.45) is 0 Å². The van der Waals surface area contributed by atoms with Crippen LogP contribution < -0.4 is 5.32 Å². The highest BCUT2D eigenvalue weighted by Crippen LogP contribution is 2.27. The van der Waals surface area contributed by atoms with Gasteiger partial charge < -0.3 is 4.90 Å². The Morgan fingerprint density at radius 3 is 2.81 bits per heavy atom. The number of aromatic nitrogens is 3. The average Bonchev–Trinajstić information content (AvgIpc) is 3.10. The minimum absolute atomic E-state index is 0.0471. The van der Waals surface area contributed by atoms with E-state index in [4.69, 9.17) is 0 Å². The first-order chi connectivity index (χ1) is 10.2. The van der Waals surface area contributed by atoms with Crippen LogP contribution in [0.25, 0.3) is 0 Å². The first-order valence-corrected chi connectivity index (χ1v) is 7.71. The van der Waals surface area contributed by atoms with Crippen LogP contribution in [0.2, 0.25) is 0 Å². The SMILES string of the molecule is O=C(CN1CCCC1=O)Nc1ncn(C2CCCCC2)n1. The number of carbonyl (C=O) groups is 2.